The van der Waals surface area contributed by atoms with Crippen molar-refractivity contribution in [1.82, 2.24) is 4.90 Å². The number of anilines is 1. The fourth-order valence-electron chi connectivity index (χ4n) is 6.16. The van der Waals surface area contributed by atoms with Crippen LogP contribution in [0.4, 0.5) is 10.1 Å². The van der Waals surface area contributed by atoms with Crippen LogP contribution < -0.4 is 4.72 Å². The maximum atomic E-state index is 14.4. The van der Waals surface area contributed by atoms with Gasteiger partial charge in [0.25, 0.3) is 5.91 Å². The van der Waals surface area contributed by atoms with E-state index < -0.39 is 44.9 Å². The summed E-state index contributed by atoms with van der Waals surface area (Å²) in [5.41, 5.74) is 1.40. The van der Waals surface area contributed by atoms with E-state index in [0.717, 1.165) is 24.0 Å². The molecule has 0 radical (unpaired) electrons. The fourth-order valence-corrected chi connectivity index (χ4v) is 8.19. The van der Waals surface area contributed by atoms with E-state index >= 15 is 0 Å². The highest BCUT2D eigenvalue weighted by atomic mass is 35.5. The molecule has 3 fully saturated rings. The Balaban J connectivity index is 1.43. The normalized spacial score (nSPS) is 23.8. The number of nitrogens with one attached hydrogen (secondary N) is 1. The Labute approximate surface area is 260 Å². The van der Waals surface area contributed by atoms with Crippen molar-refractivity contribution in [2.75, 3.05) is 4.72 Å². The Bertz CT molecular complexity index is 1670. The van der Waals surface area contributed by atoms with E-state index in [4.69, 9.17) is 27.9 Å². The number of sulfonamides is 1. The van der Waals surface area contributed by atoms with Crippen LogP contribution in [0, 0.1) is 23.1 Å². The van der Waals surface area contributed by atoms with Gasteiger partial charge in [-0.15, -0.1) is 0 Å². The van der Waals surface area contributed by atoms with Crippen molar-refractivity contribution >= 4 is 44.8 Å². The van der Waals surface area contributed by atoms with Gasteiger partial charge in [0.1, 0.15) is 18.0 Å². The first-order valence-electron chi connectivity index (χ1n) is 14.2. The maximum Gasteiger partial charge on any atom is 0.253 e. The molecule has 3 aliphatic rings. The lowest BCUT2D eigenvalue weighted by atomic mass is 9.88. The van der Waals surface area contributed by atoms with Crippen LogP contribution in [-0.4, -0.2) is 36.1 Å². The average molecular weight is 643 g/mol. The number of hydrogen-bond acceptors (Lipinski definition) is 5. The number of carbonyl (C=O) groups is 1. The molecule has 0 unspecified atom stereocenters. The van der Waals surface area contributed by atoms with Gasteiger partial charge in [-0.3, -0.25) is 9.52 Å². The fraction of sp³-hybridized carbons (Fsp3) is 0.375. The van der Waals surface area contributed by atoms with Crippen LogP contribution in [-0.2, 0) is 19.6 Å². The van der Waals surface area contributed by atoms with E-state index in [1.54, 1.807) is 41.3 Å². The van der Waals surface area contributed by atoms with Gasteiger partial charge in [0.05, 0.1) is 29.0 Å². The topological polar surface area (TPSA) is 99.5 Å². The molecule has 1 heterocycles. The van der Waals surface area contributed by atoms with Crippen LogP contribution in [0.25, 0.3) is 0 Å². The molecule has 0 spiro atoms. The Morgan fingerprint density at radius 1 is 1.02 bits per heavy atom. The summed E-state index contributed by atoms with van der Waals surface area (Å²) in [6.45, 7) is 0. The van der Waals surface area contributed by atoms with Gasteiger partial charge < -0.3 is 9.64 Å². The van der Waals surface area contributed by atoms with Gasteiger partial charge in [0, 0.05) is 16.1 Å². The monoisotopic (exact) mass is 641 g/mol. The lowest BCUT2D eigenvalue weighted by molar-refractivity contribution is -0.180. The van der Waals surface area contributed by atoms with E-state index in [0.29, 0.717) is 22.9 Å². The third kappa shape index (κ3) is 5.99. The number of halogens is 3. The first-order chi connectivity index (χ1) is 20.6. The molecule has 0 aromatic heterocycles. The molecule has 3 aromatic rings. The zero-order valence-corrected chi connectivity index (χ0v) is 25.5. The van der Waals surface area contributed by atoms with Gasteiger partial charge in [-0.25, -0.2) is 12.8 Å². The van der Waals surface area contributed by atoms with Crippen molar-refractivity contribution in [1.29, 1.82) is 5.26 Å². The van der Waals surface area contributed by atoms with Crippen LogP contribution in [0.5, 0.6) is 0 Å². The zero-order valence-electron chi connectivity index (χ0n) is 23.1. The number of nitriles is 1. The van der Waals surface area contributed by atoms with Crippen LogP contribution >= 0.6 is 23.2 Å². The molecule has 43 heavy (non-hydrogen) atoms. The number of benzene rings is 3. The van der Waals surface area contributed by atoms with Gasteiger partial charge in [-0.05, 0) is 85.5 Å². The van der Waals surface area contributed by atoms with Crippen LogP contribution in [0.15, 0.2) is 72.8 Å². The third-order valence-corrected chi connectivity index (χ3v) is 11.4. The second-order valence-electron chi connectivity index (χ2n) is 11.6. The number of amides is 1. The standard InChI is InChI=1S/C32H30Cl2FN3O4S/c33-23-12-10-21(11-13-23)29-30(22-4-3-5-24(34)18-22)42-28(14-17-36)31(39)38(29)27(20-8-9-20)19-32(15-16-32)43(40,41)37-26-7-2-1-6-25(26)35/h1-7,10-13,18,20,27-30,37H,8-9,14-16,19H2/t27-,28+,29+,30+/m0/s1. The van der Waals surface area contributed by atoms with Gasteiger partial charge >= 0.3 is 0 Å². The van der Waals surface area contributed by atoms with Gasteiger partial charge in [-0.2, -0.15) is 5.26 Å². The smallest absolute Gasteiger partial charge is 0.253 e. The van der Waals surface area contributed by atoms with Crippen molar-refractivity contribution < 1.29 is 22.3 Å². The summed E-state index contributed by atoms with van der Waals surface area (Å²) in [6, 6.07) is 21.0. The van der Waals surface area contributed by atoms with Gasteiger partial charge in [-0.1, -0.05) is 59.6 Å². The summed E-state index contributed by atoms with van der Waals surface area (Å²) in [4.78, 5) is 16.0. The van der Waals surface area contributed by atoms with E-state index in [9.17, 15) is 22.9 Å². The molecule has 2 aliphatic carbocycles. The minimum Gasteiger partial charge on any atom is -0.357 e. The van der Waals surface area contributed by atoms with Crippen molar-refractivity contribution in [2.24, 2.45) is 5.92 Å². The molecule has 6 rings (SSSR count). The molecular formula is C32H30Cl2FN3O4S. The summed E-state index contributed by atoms with van der Waals surface area (Å²) in [5.74, 6) is -0.942. The number of rotatable bonds is 10. The van der Waals surface area contributed by atoms with Crippen LogP contribution in [0.2, 0.25) is 10.0 Å². The Hall–Kier alpha value is -3.16. The predicted molar refractivity (Wildman–Crippen MR) is 162 cm³/mol. The lowest BCUT2D eigenvalue weighted by Gasteiger charge is -2.49. The Morgan fingerprint density at radius 2 is 1.74 bits per heavy atom. The number of ether oxygens (including phenoxy) is 1. The molecule has 7 nitrogen and oxygen atoms in total. The molecule has 1 aliphatic heterocycles. The van der Waals surface area contributed by atoms with Gasteiger partial charge in [0.15, 0.2) is 0 Å². The lowest BCUT2D eigenvalue weighted by Crippen LogP contribution is -2.56. The first kappa shape index (κ1) is 29.9. The molecular weight excluding hydrogens is 612 g/mol. The van der Waals surface area contributed by atoms with E-state index in [2.05, 4.69) is 10.8 Å². The predicted octanol–water partition coefficient (Wildman–Crippen LogP) is 7.20. The minimum atomic E-state index is -4.01. The van der Waals surface area contributed by atoms with Crippen LogP contribution in [0.1, 0.15) is 61.8 Å². The summed E-state index contributed by atoms with van der Waals surface area (Å²) in [7, 11) is -4.01. The highest BCUT2D eigenvalue weighted by Gasteiger charge is 2.60. The van der Waals surface area contributed by atoms with Crippen molar-refractivity contribution in [3.05, 3.63) is 99.8 Å². The molecule has 11 heteroatoms. The SMILES string of the molecule is N#CC[C@H]1O[C@H](c2cccc(Cl)c2)[C@@H](c2ccc(Cl)cc2)N([C@@H](CC2(S(=O)(=O)Nc3ccccc3F)CC2)C2CC2)C1=O. The maximum absolute atomic E-state index is 14.4. The second-order valence-corrected chi connectivity index (χ2v) is 14.5. The molecule has 1 amide bonds. The second kappa shape index (κ2) is 11.7. The summed E-state index contributed by atoms with van der Waals surface area (Å²) in [6.07, 6.45) is 0.762. The highest BCUT2D eigenvalue weighted by Crippen LogP contribution is 2.55. The quantitative estimate of drug-likeness (QED) is 0.252. The first-order valence-corrected chi connectivity index (χ1v) is 16.5. The average Bonchev–Trinajstić information content (AvgIpc) is 3.90. The molecule has 2 saturated carbocycles. The molecule has 1 saturated heterocycles. The number of morpholine rings is 1. The molecule has 4 atom stereocenters. The summed E-state index contributed by atoms with van der Waals surface area (Å²) in [5, 5.41) is 10.6. The van der Waals surface area contributed by atoms with E-state index in [-0.39, 0.29) is 30.4 Å². The Morgan fingerprint density at radius 3 is 2.37 bits per heavy atom. The number of hydrogen-bond donors (Lipinski definition) is 1. The van der Waals surface area contributed by atoms with Crippen molar-refractivity contribution in [3.63, 3.8) is 0 Å². The largest absolute Gasteiger partial charge is 0.357 e. The number of para-hydroxylation sites is 1. The minimum absolute atomic E-state index is 0.0701. The van der Waals surface area contributed by atoms with Crippen LogP contribution in [0.3, 0.4) is 0 Å². The molecule has 0 bridgehead atoms. The highest BCUT2D eigenvalue weighted by molar-refractivity contribution is 7.94. The summed E-state index contributed by atoms with van der Waals surface area (Å²) >= 11 is 12.6. The molecule has 224 valence electrons. The van der Waals surface area contributed by atoms with Gasteiger partial charge in [0.2, 0.25) is 10.0 Å². The zero-order chi connectivity index (χ0) is 30.4. The third-order valence-electron chi connectivity index (χ3n) is 8.69. The number of nitrogens with zero attached hydrogens (tertiary/aromatic N) is 2. The van der Waals surface area contributed by atoms with E-state index in [1.807, 2.05) is 18.2 Å². The molecule has 1 N–H and O–H groups in total. The van der Waals surface area contributed by atoms with Crippen molar-refractivity contribution in [2.45, 2.75) is 67.6 Å². The summed E-state index contributed by atoms with van der Waals surface area (Å²) < 4.78 is 49.7. The number of carbonyl (C=O) groups excluding carboxylic acids is 1. The molecule has 3 aromatic carbocycles. The van der Waals surface area contributed by atoms with Crippen molar-refractivity contribution in [3.8, 4) is 6.07 Å². The Kier molecular flexibility index (Phi) is 8.16. The van der Waals surface area contributed by atoms with E-state index in [1.165, 1.54) is 18.2 Å².